The summed E-state index contributed by atoms with van der Waals surface area (Å²) in [5, 5.41) is 0.903. The van der Waals surface area contributed by atoms with Crippen molar-refractivity contribution in [2.24, 2.45) is 5.92 Å². The molecular formula is C20H24N4O2S. The fourth-order valence-corrected chi connectivity index (χ4v) is 4.64. The number of likely N-dealkylation sites (tertiary alicyclic amines) is 1. The molecule has 0 saturated carbocycles. The van der Waals surface area contributed by atoms with E-state index in [4.69, 9.17) is 0 Å². The Hall–Kier alpha value is -2.41. The Morgan fingerprint density at radius 2 is 1.67 bits per heavy atom. The summed E-state index contributed by atoms with van der Waals surface area (Å²) >= 11 is 1.43. The third kappa shape index (κ3) is 3.56. The standard InChI is InChI=1S/C20H24N4O2S/c1-14-18(27-15(2)21-14)20(26)24-12-16(13-24)19(25)23-10-8-22(9-11-23)17-6-4-3-5-7-17/h3-7,16H,8-13H2,1-2H3. The molecule has 2 fully saturated rings. The zero-order valence-corrected chi connectivity index (χ0v) is 16.5. The van der Waals surface area contributed by atoms with Crippen LogP contribution in [0.3, 0.4) is 0 Å². The maximum absolute atomic E-state index is 12.8. The van der Waals surface area contributed by atoms with E-state index in [0.29, 0.717) is 18.0 Å². The molecule has 7 heteroatoms. The molecule has 0 radical (unpaired) electrons. The molecule has 0 N–H and O–H groups in total. The predicted molar refractivity (Wildman–Crippen MR) is 106 cm³/mol. The first-order valence-corrected chi connectivity index (χ1v) is 10.2. The van der Waals surface area contributed by atoms with Gasteiger partial charge in [0.15, 0.2) is 0 Å². The van der Waals surface area contributed by atoms with Crippen molar-refractivity contribution in [3.8, 4) is 0 Å². The average Bonchev–Trinajstić information content (AvgIpc) is 2.99. The van der Waals surface area contributed by atoms with Crippen molar-refractivity contribution in [2.75, 3.05) is 44.2 Å². The van der Waals surface area contributed by atoms with Crippen LogP contribution in [0, 0.1) is 19.8 Å². The van der Waals surface area contributed by atoms with E-state index >= 15 is 0 Å². The number of carbonyl (C=O) groups excluding carboxylic acids is 2. The van der Waals surface area contributed by atoms with E-state index in [2.05, 4.69) is 22.0 Å². The van der Waals surface area contributed by atoms with Crippen molar-refractivity contribution in [1.82, 2.24) is 14.8 Å². The molecule has 1 aromatic heterocycles. The summed E-state index contributed by atoms with van der Waals surface area (Å²) in [6.45, 7) is 8.00. The number of para-hydroxylation sites is 1. The number of aryl methyl sites for hydroxylation is 2. The number of piperazine rings is 1. The number of hydrogen-bond acceptors (Lipinski definition) is 5. The molecule has 2 aromatic rings. The van der Waals surface area contributed by atoms with E-state index in [-0.39, 0.29) is 17.7 Å². The number of benzene rings is 1. The van der Waals surface area contributed by atoms with E-state index in [1.54, 1.807) is 4.90 Å². The van der Waals surface area contributed by atoms with Crippen molar-refractivity contribution in [3.63, 3.8) is 0 Å². The van der Waals surface area contributed by atoms with Crippen LogP contribution in [0.1, 0.15) is 20.4 Å². The number of aromatic nitrogens is 1. The highest BCUT2D eigenvalue weighted by Gasteiger charge is 2.39. The first-order chi connectivity index (χ1) is 13.0. The highest BCUT2D eigenvalue weighted by molar-refractivity contribution is 7.13. The Kier molecular flexibility index (Phi) is 4.86. The fourth-order valence-electron chi connectivity index (χ4n) is 3.76. The van der Waals surface area contributed by atoms with Gasteiger partial charge in [0, 0.05) is 45.0 Å². The van der Waals surface area contributed by atoms with Gasteiger partial charge in [-0.3, -0.25) is 9.59 Å². The molecule has 142 valence electrons. The molecular weight excluding hydrogens is 360 g/mol. The topological polar surface area (TPSA) is 56.8 Å². The van der Waals surface area contributed by atoms with Crippen LogP contribution in [0.5, 0.6) is 0 Å². The first-order valence-electron chi connectivity index (χ1n) is 9.35. The highest BCUT2D eigenvalue weighted by Crippen LogP contribution is 2.26. The molecule has 3 heterocycles. The van der Waals surface area contributed by atoms with Gasteiger partial charge in [-0.05, 0) is 26.0 Å². The van der Waals surface area contributed by atoms with Gasteiger partial charge in [0.2, 0.25) is 5.91 Å². The van der Waals surface area contributed by atoms with Gasteiger partial charge in [-0.15, -0.1) is 11.3 Å². The van der Waals surface area contributed by atoms with Crippen LogP contribution in [0.15, 0.2) is 30.3 Å². The minimum absolute atomic E-state index is 0.0102. The van der Waals surface area contributed by atoms with Crippen LogP contribution in [-0.2, 0) is 4.79 Å². The molecule has 2 saturated heterocycles. The van der Waals surface area contributed by atoms with Crippen molar-refractivity contribution >= 4 is 28.8 Å². The van der Waals surface area contributed by atoms with Crippen LogP contribution in [0.4, 0.5) is 5.69 Å². The summed E-state index contributed by atoms with van der Waals surface area (Å²) in [6.07, 6.45) is 0. The molecule has 2 aliphatic rings. The third-order valence-corrected chi connectivity index (χ3v) is 6.39. The molecule has 2 amide bonds. The van der Waals surface area contributed by atoms with Crippen LogP contribution in [0.25, 0.3) is 0 Å². The molecule has 0 atom stereocenters. The number of carbonyl (C=O) groups is 2. The number of hydrogen-bond donors (Lipinski definition) is 0. The second-order valence-corrected chi connectivity index (χ2v) is 8.41. The smallest absolute Gasteiger partial charge is 0.265 e. The summed E-state index contributed by atoms with van der Waals surface area (Å²) in [5.74, 6) is 0.131. The van der Waals surface area contributed by atoms with E-state index in [1.165, 1.54) is 17.0 Å². The molecule has 0 aliphatic carbocycles. The highest BCUT2D eigenvalue weighted by atomic mass is 32.1. The van der Waals surface area contributed by atoms with Crippen LogP contribution < -0.4 is 4.90 Å². The Balaban J connectivity index is 1.28. The van der Waals surface area contributed by atoms with E-state index in [9.17, 15) is 9.59 Å². The lowest BCUT2D eigenvalue weighted by atomic mass is 9.97. The number of anilines is 1. The van der Waals surface area contributed by atoms with E-state index in [0.717, 1.165) is 36.9 Å². The van der Waals surface area contributed by atoms with Gasteiger partial charge < -0.3 is 14.7 Å². The van der Waals surface area contributed by atoms with Gasteiger partial charge >= 0.3 is 0 Å². The summed E-state index contributed by atoms with van der Waals surface area (Å²) in [6, 6.07) is 10.3. The number of thiazole rings is 1. The van der Waals surface area contributed by atoms with E-state index in [1.807, 2.05) is 36.9 Å². The quantitative estimate of drug-likeness (QED) is 0.814. The normalized spacial score (nSPS) is 17.8. The molecule has 4 rings (SSSR count). The Morgan fingerprint density at radius 3 is 2.26 bits per heavy atom. The maximum Gasteiger partial charge on any atom is 0.265 e. The summed E-state index contributed by atoms with van der Waals surface area (Å²) in [7, 11) is 0. The van der Waals surface area contributed by atoms with Crippen LogP contribution in [-0.4, -0.2) is 65.9 Å². The molecule has 0 spiro atoms. The fraction of sp³-hybridized carbons (Fsp3) is 0.450. The monoisotopic (exact) mass is 384 g/mol. The van der Waals surface area contributed by atoms with Gasteiger partial charge in [-0.2, -0.15) is 0 Å². The number of rotatable bonds is 3. The van der Waals surface area contributed by atoms with Crippen LogP contribution in [0.2, 0.25) is 0 Å². The largest absolute Gasteiger partial charge is 0.368 e. The van der Waals surface area contributed by atoms with Gasteiger partial charge in [0.1, 0.15) is 4.88 Å². The predicted octanol–water partition coefficient (Wildman–Crippen LogP) is 2.18. The summed E-state index contributed by atoms with van der Waals surface area (Å²) < 4.78 is 0. The Bertz CT molecular complexity index is 837. The average molecular weight is 385 g/mol. The minimum Gasteiger partial charge on any atom is -0.368 e. The zero-order valence-electron chi connectivity index (χ0n) is 15.7. The first kappa shape index (κ1) is 18.0. The minimum atomic E-state index is -0.0634. The lowest BCUT2D eigenvalue weighted by molar-refractivity contribution is -0.140. The molecule has 1 aromatic carbocycles. The molecule has 0 bridgehead atoms. The maximum atomic E-state index is 12.8. The molecule has 6 nitrogen and oxygen atoms in total. The Morgan fingerprint density at radius 1 is 1.00 bits per heavy atom. The van der Waals surface area contributed by atoms with Gasteiger partial charge in [-0.25, -0.2) is 4.98 Å². The van der Waals surface area contributed by atoms with Gasteiger partial charge in [-0.1, -0.05) is 18.2 Å². The van der Waals surface area contributed by atoms with Crippen molar-refractivity contribution in [3.05, 3.63) is 45.9 Å². The Labute approximate surface area is 163 Å². The summed E-state index contributed by atoms with van der Waals surface area (Å²) in [4.78, 5) is 36.4. The third-order valence-electron chi connectivity index (χ3n) is 5.33. The van der Waals surface area contributed by atoms with Crippen molar-refractivity contribution < 1.29 is 9.59 Å². The second kappa shape index (κ2) is 7.31. The van der Waals surface area contributed by atoms with Crippen molar-refractivity contribution in [1.29, 1.82) is 0 Å². The lowest BCUT2D eigenvalue weighted by Crippen LogP contribution is -2.59. The van der Waals surface area contributed by atoms with Crippen molar-refractivity contribution in [2.45, 2.75) is 13.8 Å². The van der Waals surface area contributed by atoms with Gasteiger partial charge in [0.05, 0.1) is 16.6 Å². The van der Waals surface area contributed by atoms with Crippen LogP contribution >= 0.6 is 11.3 Å². The molecule has 0 unspecified atom stereocenters. The molecule has 27 heavy (non-hydrogen) atoms. The summed E-state index contributed by atoms with van der Waals surface area (Å²) in [5.41, 5.74) is 1.99. The van der Waals surface area contributed by atoms with E-state index < -0.39 is 0 Å². The number of nitrogens with zero attached hydrogens (tertiary/aromatic N) is 4. The molecule has 2 aliphatic heterocycles. The van der Waals surface area contributed by atoms with Gasteiger partial charge in [0.25, 0.3) is 5.91 Å². The second-order valence-electron chi connectivity index (χ2n) is 7.20. The lowest BCUT2D eigenvalue weighted by Gasteiger charge is -2.43. The zero-order chi connectivity index (χ0) is 19.0. The number of amides is 2. The SMILES string of the molecule is Cc1nc(C)c(C(=O)N2CC(C(=O)N3CCN(c4ccccc4)CC3)C2)s1.